The average molecular weight is 157 g/mol. The topological polar surface area (TPSA) is 20.3 Å². The van der Waals surface area contributed by atoms with Crippen molar-refractivity contribution in [3.63, 3.8) is 0 Å². The van der Waals surface area contributed by atoms with E-state index in [1.807, 2.05) is 7.05 Å². The highest BCUT2D eigenvalue weighted by molar-refractivity contribution is 5.82. The minimum atomic E-state index is 0. The van der Waals surface area contributed by atoms with Crippen molar-refractivity contribution in [3.8, 4) is 0 Å². The van der Waals surface area contributed by atoms with E-state index in [1.54, 1.807) is 6.92 Å². The third-order valence-corrected chi connectivity index (χ3v) is 2.37. The second-order valence-electron chi connectivity index (χ2n) is 3.30. The molecule has 66 valence electrons. The Kier molecular flexibility index (Phi) is 3.73. The smallest absolute Gasteiger partial charge is 0.147 e. The van der Waals surface area contributed by atoms with Crippen LogP contribution in [-0.4, -0.2) is 30.3 Å². The summed E-state index contributed by atoms with van der Waals surface area (Å²) in [7, 11) is 2.02. The molecule has 1 aliphatic rings. The normalized spacial score (nSPS) is 31.5. The van der Waals surface area contributed by atoms with E-state index in [2.05, 4.69) is 11.8 Å². The molecule has 0 aliphatic carbocycles. The Balaban J connectivity index is 0.000001000. The second kappa shape index (κ2) is 3.86. The summed E-state index contributed by atoms with van der Waals surface area (Å²) in [4.78, 5) is 13.2. The lowest BCUT2D eigenvalue weighted by atomic mass is 10.0. The molecular weight excluding hydrogens is 138 g/mol. The van der Waals surface area contributed by atoms with Gasteiger partial charge >= 0.3 is 0 Å². The Labute approximate surface area is 69.6 Å². The molecule has 0 amide bonds. The van der Waals surface area contributed by atoms with Gasteiger partial charge in [-0.15, -0.1) is 0 Å². The molecule has 0 N–H and O–H groups in total. The van der Waals surface area contributed by atoms with Gasteiger partial charge in [0, 0.05) is 0 Å². The van der Waals surface area contributed by atoms with Crippen LogP contribution in [0.15, 0.2) is 0 Å². The van der Waals surface area contributed by atoms with Gasteiger partial charge in [-0.3, -0.25) is 9.69 Å². The molecule has 1 rings (SSSR count). The van der Waals surface area contributed by atoms with Crippen LogP contribution < -0.4 is 0 Å². The van der Waals surface area contributed by atoms with Gasteiger partial charge in [-0.2, -0.15) is 0 Å². The molecule has 0 aromatic carbocycles. The van der Waals surface area contributed by atoms with Gasteiger partial charge in [0.1, 0.15) is 5.78 Å². The number of carbonyl (C=O) groups excluding carboxylic acids is 1. The summed E-state index contributed by atoms with van der Waals surface area (Å²) in [6.07, 6.45) is 1.17. The molecular formula is C9H19NO. The molecule has 0 radical (unpaired) electrons. The van der Waals surface area contributed by atoms with Crippen LogP contribution >= 0.6 is 0 Å². The van der Waals surface area contributed by atoms with Gasteiger partial charge in [-0.05, 0) is 32.9 Å². The zero-order chi connectivity index (χ0) is 7.72. The number of hydrogen-bond donors (Lipinski definition) is 0. The zero-order valence-electron chi connectivity index (χ0n) is 6.92. The number of carbonyl (C=O) groups is 1. The molecule has 0 aromatic rings. The Bertz CT molecular complexity index is 134. The van der Waals surface area contributed by atoms with Crippen molar-refractivity contribution in [2.24, 2.45) is 5.92 Å². The summed E-state index contributed by atoms with van der Waals surface area (Å²) in [5.74, 6) is 0.870. The minimum Gasteiger partial charge on any atom is -0.298 e. The zero-order valence-corrected chi connectivity index (χ0v) is 6.92. The molecule has 1 saturated heterocycles. The van der Waals surface area contributed by atoms with Gasteiger partial charge in [0.25, 0.3) is 0 Å². The molecule has 2 nitrogen and oxygen atoms in total. The first kappa shape index (κ1) is 10.6. The highest BCUT2D eigenvalue weighted by Gasteiger charge is 2.31. The maximum atomic E-state index is 11.0. The largest absolute Gasteiger partial charge is 0.298 e. The molecule has 0 aromatic heterocycles. The van der Waals surface area contributed by atoms with Crippen molar-refractivity contribution in [1.82, 2.24) is 4.90 Å². The van der Waals surface area contributed by atoms with E-state index >= 15 is 0 Å². The van der Waals surface area contributed by atoms with Crippen LogP contribution in [0.1, 0.15) is 27.7 Å². The number of hydrogen-bond acceptors (Lipinski definition) is 2. The fourth-order valence-electron chi connectivity index (χ4n) is 1.85. The number of likely N-dealkylation sites (N-methyl/N-ethyl adjacent to an activating group) is 1. The van der Waals surface area contributed by atoms with Crippen LogP contribution in [-0.2, 0) is 4.79 Å². The van der Waals surface area contributed by atoms with Crippen LogP contribution in [0.3, 0.4) is 0 Å². The predicted octanol–water partition coefficient (Wildman–Crippen LogP) is 1.55. The molecule has 2 heteroatoms. The fraction of sp³-hybridized carbons (Fsp3) is 0.889. The second-order valence-corrected chi connectivity index (χ2v) is 3.30. The molecule has 11 heavy (non-hydrogen) atoms. The molecule has 2 unspecified atom stereocenters. The number of likely N-dealkylation sites (tertiary alicyclic amines) is 1. The first-order valence-electron chi connectivity index (χ1n) is 3.83. The lowest BCUT2D eigenvalue weighted by molar-refractivity contribution is -0.121. The van der Waals surface area contributed by atoms with Crippen molar-refractivity contribution in [3.05, 3.63) is 0 Å². The minimum absolute atomic E-state index is 0. The van der Waals surface area contributed by atoms with Gasteiger partial charge in [0.15, 0.2) is 0 Å². The Morgan fingerprint density at radius 1 is 1.55 bits per heavy atom. The van der Waals surface area contributed by atoms with Gasteiger partial charge in [0.2, 0.25) is 0 Å². The summed E-state index contributed by atoms with van der Waals surface area (Å²) >= 11 is 0. The van der Waals surface area contributed by atoms with E-state index in [0.29, 0.717) is 11.7 Å². The van der Waals surface area contributed by atoms with E-state index < -0.39 is 0 Å². The van der Waals surface area contributed by atoms with E-state index in [-0.39, 0.29) is 13.5 Å². The summed E-state index contributed by atoms with van der Waals surface area (Å²) in [5, 5.41) is 0. The van der Waals surface area contributed by atoms with Crippen molar-refractivity contribution < 1.29 is 4.79 Å². The number of nitrogens with zero attached hydrogens (tertiary/aromatic N) is 1. The van der Waals surface area contributed by atoms with Crippen molar-refractivity contribution in [2.75, 3.05) is 13.6 Å². The van der Waals surface area contributed by atoms with Gasteiger partial charge < -0.3 is 0 Å². The van der Waals surface area contributed by atoms with E-state index in [9.17, 15) is 4.79 Å². The third kappa shape index (κ3) is 2.03. The van der Waals surface area contributed by atoms with E-state index in [0.717, 1.165) is 6.54 Å². The van der Waals surface area contributed by atoms with Gasteiger partial charge in [-0.25, -0.2) is 0 Å². The fourth-order valence-corrected chi connectivity index (χ4v) is 1.85. The highest BCUT2D eigenvalue weighted by atomic mass is 16.1. The molecule has 1 fully saturated rings. The van der Waals surface area contributed by atoms with Gasteiger partial charge in [0.05, 0.1) is 6.04 Å². The van der Waals surface area contributed by atoms with Crippen LogP contribution in [0.5, 0.6) is 0 Å². The standard InChI is InChI=1S/C8H15NO.CH4/c1-6-4-5-9(3)8(6)7(2)10;/h6,8H,4-5H2,1-3H3;1H4. The van der Waals surface area contributed by atoms with Crippen molar-refractivity contribution in [1.29, 1.82) is 0 Å². The van der Waals surface area contributed by atoms with E-state index in [4.69, 9.17) is 0 Å². The third-order valence-electron chi connectivity index (χ3n) is 2.37. The number of ketones is 1. The average Bonchev–Trinajstić information content (AvgIpc) is 2.11. The maximum Gasteiger partial charge on any atom is 0.147 e. The highest BCUT2D eigenvalue weighted by Crippen LogP contribution is 2.22. The number of Topliss-reactive ketones (excluding diaryl/α,β-unsaturated/α-hetero) is 1. The van der Waals surface area contributed by atoms with Crippen LogP contribution in [0, 0.1) is 5.92 Å². The summed E-state index contributed by atoms with van der Waals surface area (Å²) in [5.41, 5.74) is 0. The summed E-state index contributed by atoms with van der Waals surface area (Å²) in [6, 6.07) is 0.194. The first-order valence-corrected chi connectivity index (χ1v) is 3.83. The summed E-state index contributed by atoms with van der Waals surface area (Å²) < 4.78 is 0. The predicted molar refractivity (Wildman–Crippen MR) is 47.6 cm³/mol. The molecule has 0 spiro atoms. The molecule has 1 aliphatic heterocycles. The Morgan fingerprint density at radius 2 is 2.09 bits per heavy atom. The monoisotopic (exact) mass is 157 g/mol. The van der Waals surface area contributed by atoms with Crippen LogP contribution in [0.2, 0.25) is 0 Å². The van der Waals surface area contributed by atoms with Gasteiger partial charge in [-0.1, -0.05) is 14.4 Å². The SMILES string of the molecule is C.CC(=O)C1C(C)CCN1C. The Hall–Kier alpha value is -0.370. The molecule has 1 heterocycles. The van der Waals surface area contributed by atoms with Crippen molar-refractivity contribution >= 4 is 5.78 Å². The molecule has 0 bridgehead atoms. The molecule has 2 atom stereocenters. The maximum absolute atomic E-state index is 11.0. The number of rotatable bonds is 1. The quantitative estimate of drug-likeness (QED) is 0.575. The van der Waals surface area contributed by atoms with Crippen molar-refractivity contribution in [2.45, 2.75) is 33.7 Å². The van der Waals surface area contributed by atoms with E-state index in [1.165, 1.54) is 6.42 Å². The molecule has 0 saturated carbocycles. The Morgan fingerprint density at radius 3 is 2.27 bits per heavy atom. The lowest BCUT2D eigenvalue weighted by Gasteiger charge is -2.18. The van der Waals surface area contributed by atoms with Crippen LogP contribution in [0.25, 0.3) is 0 Å². The lowest BCUT2D eigenvalue weighted by Crippen LogP contribution is -2.34. The summed E-state index contributed by atoms with van der Waals surface area (Å²) in [6.45, 7) is 4.91. The van der Waals surface area contributed by atoms with Crippen LogP contribution in [0.4, 0.5) is 0 Å². The first-order chi connectivity index (χ1) is 4.63.